The predicted octanol–water partition coefficient (Wildman–Crippen LogP) is 5.38. The van der Waals surface area contributed by atoms with Crippen molar-refractivity contribution in [2.24, 2.45) is 0 Å². The van der Waals surface area contributed by atoms with Crippen molar-refractivity contribution in [3.05, 3.63) is 117 Å². The van der Waals surface area contributed by atoms with E-state index in [0.717, 1.165) is 44.6 Å². The van der Waals surface area contributed by atoms with Crippen molar-refractivity contribution in [1.82, 2.24) is 39.9 Å². The zero-order valence-corrected chi connectivity index (χ0v) is 33.6. The van der Waals surface area contributed by atoms with Gasteiger partial charge in [-0.15, -0.1) is 0 Å². The highest BCUT2D eigenvalue weighted by atomic mass is 19.3. The predicted molar refractivity (Wildman–Crippen MR) is 215 cm³/mol. The fourth-order valence-corrected chi connectivity index (χ4v) is 10.3. The summed E-state index contributed by atoms with van der Waals surface area (Å²) in [5.74, 6) is -3.60. The summed E-state index contributed by atoms with van der Waals surface area (Å²) in [5, 5.41) is 14.3. The molecule has 5 aliphatic rings. The Morgan fingerprint density at radius 1 is 0.952 bits per heavy atom. The number of rotatable bonds is 7. The minimum absolute atomic E-state index is 0.0765. The van der Waals surface area contributed by atoms with E-state index in [1.807, 2.05) is 30.3 Å². The molecule has 320 valence electrons. The number of aromatic amines is 1. The van der Waals surface area contributed by atoms with Crippen LogP contribution in [0.1, 0.15) is 99.2 Å². The fourth-order valence-electron chi connectivity index (χ4n) is 10.3. The topological polar surface area (TPSA) is 155 Å². The third kappa shape index (κ3) is 6.73. The summed E-state index contributed by atoms with van der Waals surface area (Å²) in [6.45, 7) is 3.19. The van der Waals surface area contributed by atoms with E-state index in [9.17, 15) is 33.1 Å². The lowest BCUT2D eigenvalue weighted by Crippen LogP contribution is -2.53. The van der Waals surface area contributed by atoms with Gasteiger partial charge in [0, 0.05) is 83.5 Å². The summed E-state index contributed by atoms with van der Waals surface area (Å²) in [6, 6.07) is 11.0. The van der Waals surface area contributed by atoms with Gasteiger partial charge in [0.1, 0.15) is 23.4 Å². The number of aromatic nitrogens is 3. The highest BCUT2D eigenvalue weighted by Crippen LogP contribution is 2.44. The van der Waals surface area contributed by atoms with Gasteiger partial charge >= 0.3 is 0 Å². The third-order valence-electron chi connectivity index (χ3n) is 13.3. The van der Waals surface area contributed by atoms with Gasteiger partial charge < -0.3 is 15.0 Å². The molecule has 5 aliphatic heterocycles. The zero-order valence-electron chi connectivity index (χ0n) is 33.6. The molecule has 7 heterocycles. The van der Waals surface area contributed by atoms with Crippen molar-refractivity contribution in [2.45, 2.75) is 88.9 Å². The number of carbonyl (C=O) groups is 4. The molecule has 3 N–H and O–H groups in total. The van der Waals surface area contributed by atoms with Crippen molar-refractivity contribution >= 4 is 34.5 Å². The first-order chi connectivity index (χ1) is 29.8. The van der Waals surface area contributed by atoms with Gasteiger partial charge in [-0.25, -0.2) is 22.5 Å². The maximum atomic E-state index is 16.2. The lowest BCUT2D eigenvalue weighted by Gasteiger charge is -2.41. The van der Waals surface area contributed by atoms with Gasteiger partial charge in [-0.3, -0.25) is 44.2 Å². The number of amides is 4. The van der Waals surface area contributed by atoms with Crippen LogP contribution in [0, 0.1) is 11.6 Å². The number of fused-ring (bicyclic) bond motifs is 5. The van der Waals surface area contributed by atoms with E-state index >= 15 is 8.78 Å². The Labute approximate surface area is 352 Å². The zero-order chi connectivity index (χ0) is 43.1. The number of halogens is 4. The first kappa shape index (κ1) is 40.1. The van der Waals surface area contributed by atoms with E-state index in [1.165, 1.54) is 17.3 Å². The number of nitrogens with zero attached hydrogens (tertiary/aromatic N) is 6. The van der Waals surface area contributed by atoms with E-state index < -0.39 is 66.7 Å². The molecule has 2 aromatic heterocycles. The van der Waals surface area contributed by atoms with E-state index in [2.05, 4.69) is 25.2 Å². The summed E-state index contributed by atoms with van der Waals surface area (Å²) in [7, 11) is 0. The van der Waals surface area contributed by atoms with E-state index in [4.69, 9.17) is 0 Å². The van der Waals surface area contributed by atoms with Crippen LogP contribution >= 0.6 is 0 Å². The van der Waals surface area contributed by atoms with Crippen molar-refractivity contribution in [2.75, 3.05) is 19.6 Å². The molecule has 2 unspecified atom stereocenters. The molecule has 4 amide bonds. The highest BCUT2D eigenvalue weighted by Gasteiger charge is 2.46. The number of aliphatic hydroxyl groups is 1. The molecule has 5 aromatic rings. The Morgan fingerprint density at radius 3 is 2.37 bits per heavy atom. The molecular formula is C45H42F4N8O5. The van der Waals surface area contributed by atoms with Crippen molar-refractivity contribution in [1.29, 1.82) is 0 Å². The van der Waals surface area contributed by atoms with Crippen LogP contribution in [-0.4, -0.2) is 107 Å². The molecule has 0 aliphatic carbocycles. The van der Waals surface area contributed by atoms with Crippen molar-refractivity contribution in [3.63, 3.8) is 0 Å². The lowest BCUT2D eigenvalue weighted by atomic mass is 9.87. The summed E-state index contributed by atoms with van der Waals surface area (Å²) < 4.78 is 60.2. The number of hydrogen-bond acceptors (Lipinski definition) is 9. The number of nitrogens with one attached hydrogen (secondary N) is 2. The van der Waals surface area contributed by atoms with Gasteiger partial charge in [-0.2, -0.15) is 0 Å². The van der Waals surface area contributed by atoms with Gasteiger partial charge in [0.25, 0.3) is 18.2 Å². The molecule has 4 atom stereocenters. The molecule has 17 heteroatoms. The molecule has 0 radical (unpaired) electrons. The molecule has 0 spiro atoms. The number of piperidine rings is 2. The smallest absolute Gasteiger partial charge is 0.274 e. The highest BCUT2D eigenvalue weighted by molar-refractivity contribution is 6.06. The summed E-state index contributed by atoms with van der Waals surface area (Å²) in [6.07, 6.45) is 0.575. The normalized spacial score (nSPS) is 23.3. The molecule has 0 bridgehead atoms. The van der Waals surface area contributed by atoms with Gasteiger partial charge in [-0.1, -0.05) is 18.2 Å². The maximum absolute atomic E-state index is 16.2. The number of likely N-dealkylation sites (tertiary alicyclic amines) is 1. The molecule has 2 fully saturated rings. The number of imide groups is 1. The molecule has 0 saturated carbocycles. The monoisotopic (exact) mass is 850 g/mol. The average molecular weight is 851 g/mol. The number of hydrogen-bond donors (Lipinski definition) is 3. The minimum Gasteiger partial charge on any atom is -0.369 e. The SMILES string of the molecule is C[C@@H]1Cc2c([nH]c3ccccc23)[C@@H](c2c(F)cc(-c3cnc(C(=O)N4CCC(N5Cc6cc7c(cc6C5)C(O)N(C5CCC(=O)NC5=O)C7=O)CC4)cn3)cc2F)N1CC(F)F. The molecule has 2 saturated heterocycles. The van der Waals surface area contributed by atoms with Gasteiger partial charge in [0.05, 0.1) is 30.7 Å². The minimum atomic E-state index is -2.72. The number of aliphatic hydroxyl groups excluding tert-OH is 1. The molecule has 13 nitrogen and oxygen atoms in total. The van der Waals surface area contributed by atoms with Crippen LogP contribution in [-0.2, 0) is 29.1 Å². The van der Waals surface area contributed by atoms with Crippen LogP contribution < -0.4 is 5.32 Å². The fraction of sp³-hybridized carbons (Fsp3) is 0.378. The van der Waals surface area contributed by atoms with Crippen LogP contribution in [0.5, 0.6) is 0 Å². The summed E-state index contributed by atoms with van der Waals surface area (Å²) >= 11 is 0. The number of benzene rings is 3. The first-order valence-electron chi connectivity index (χ1n) is 20.8. The Morgan fingerprint density at radius 2 is 1.68 bits per heavy atom. The van der Waals surface area contributed by atoms with Crippen LogP contribution in [0.2, 0.25) is 0 Å². The second-order valence-electron chi connectivity index (χ2n) is 16.9. The number of alkyl halides is 2. The quantitative estimate of drug-likeness (QED) is 0.145. The maximum Gasteiger partial charge on any atom is 0.274 e. The Balaban J connectivity index is 0.798. The number of carbonyl (C=O) groups excluding carboxylic acids is 4. The lowest BCUT2D eigenvalue weighted by molar-refractivity contribution is -0.139. The van der Waals surface area contributed by atoms with E-state index in [1.54, 1.807) is 17.9 Å². The molecule has 3 aromatic carbocycles. The Hall–Kier alpha value is -6.04. The van der Waals surface area contributed by atoms with E-state index in [0.29, 0.717) is 62.3 Å². The molecule has 62 heavy (non-hydrogen) atoms. The van der Waals surface area contributed by atoms with Gasteiger partial charge in [0.2, 0.25) is 11.8 Å². The molecular weight excluding hydrogens is 809 g/mol. The van der Waals surface area contributed by atoms with Crippen LogP contribution in [0.25, 0.3) is 22.2 Å². The van der Waals surface area contributed by atoms with Crippen LogP contribution in [0.15, 0.2) is 60.9 Å². The Bertz CT molecular complexity index is 2640. The summed E-state index contributed by atoms with van der Waals surface area (Å²) in [5.41, 5.74) is 4.75. The largest absolute Gasteiger partial charge is 0.369 e. The van der Waals surface area contributed by atoms with Crippen LogP contribution in [0.4, 0.5) is 17.6 Å². The number of H-pyrrole nitrogens is 1. The average Bonchev–Trinajstić information content (AvgIpc) is 3.92. The third-order valence-corrected chi connectivity index (χ3v) is 13.3. The second-order valence-corrected chi connectivity index (χ2v) is 16.9. The summed E-state index contributed by atoms with van der Waals surface area (Å²) in [4.78, 5) is 69.7. The van der Waals surface area contributed by atoms with Crippen molar-refractivity contribution in [3.8, 4) is 11.3 Å². The Kier molecular flexibility index (Phi) is 9.95. The van der Waals surface area contributed by atoms with Gasteiger partial charge in [0.15, 0.2) is 6.23 Å². The van der Waals surface area contributed by atoms with Crippen LogP contribution in [0.3, 0.4) is 0 Å². The molecule has 10 rings (SSSR count). The second kappa shape index (κ2) is 15.4. The van der Waals surface area contributed by atoms with E-state index in [-0.39, 0.29) is 47.3 Å². The van der Waals surface area contributed by atoms with Crippen molar-refractivity contribution < 1.29 is 41.8 Å². The van der Waals surface area contributed by atoms with Gasteiger partial charge in [-0.05, 0) is 79.6 Å². The number of para-hydroxylation sites is 1. The first-order valence-corrected chi connectivity index (χ1v) is 20.8. The standard InChI is InChI=1S/C45H42F4N8O5/c1-22-12-28-27-4-2-3-5-33(27)52-40(28)41(56(22)21-37(48)49)39-31(46)15-23(16-32(39)47)34-17-51-35(18-50-34)45(62)54-10-8-26(9-11-54)55-19-24-13-29-30(14-25(24)20-55)44(61)57(43(29)60)36-6-7-38(58)53-42(36)59/h2-5,13-18,22,26,36-37,41,43,52,60H,6-12,19-21H2,1H3,(H,53,58,59)/t22-,36?,41-,43?/m1/s1.